The molecule has 0 aliphatic carbocycles. The molecule has 0 saturated heterocycles. The quantitative estimate of drug-likeness (QED) is 0.890. The number of hydrogen-bond acceptors (Lipinski definition) is 1. The topological polar surface area (TPSA) is 29.1 Å². The van der Waals surface area contributed by atoms with Crippen molar-refractivity contribution in [3.05, 3.63) is 29.8 Å². The Morgan fingerprint density at radius 2 is 1.93 bits per heavy atom. The van der Waals surface area contributed by atoms with Gasteiger partial charge in [0.15, 0.2) is 0 Å². The molecule has 0 aliphatic heterocycles. The van der Waals surface area contributed by atoms with E-state index in [9.17, 15) is 13.6 Å². The first kappa shape index (κ1) is 14.7. The summed E-state index contributed by atoms with van der Waals surface area (Å²) in [6.07, 6.45) is 0. The van der Waals surface area contributed by atoms with Crippen molar-refractivity contribution in [3.63, 3.8) is 0 Å². The van der Waals surface area contributed by atoms with Crippen LogP contribution in [0.3, 0.4) is 0 Å². The third kappa shape index (κ3) is 4.35. The number of carbonyl (C=O) groups is 1. The predicted octanol–water partition coefficient (Wildman–Crippen LogP) is 2.56. The van der Waals surface area contributed by atoms with Gasteiger partial charge in [-0.1, -0.05) is 13.8 Å². The second-order valence-electron chi connectivity index (χ2n) is 3.27. The number of hydrogen-bond donors (Lipinski definition) is 1. The number of benzene rings is 1. The molecule has 79 valence electrons. The van der Waals surface area contributed by atoms with Crippen LogP contribution in [0.2, 0.25) is 0 Å². The van der Waals surface area contributed by atoms with Crippen LogP contribution in [0.4, 0.5) is 14.5 Å². The maximum Gasteiger partial charge on any atom is 0.227 e. The van der Waals surface area contributed by atoms with Gasteiger partial charge in [0.2, 0.25) is 5.91 Å². The molecular formula is C10H11F2NOY. The van der Waals surface area contributed by atoms with Crippen LogP contribution in [0.25, 0.3) is 0 Å². The molecule has 1 rings (SSSR count). The van der Waals surface area contributed by atoms with Gasteiger partial charge in [0.25, 0.3) is 0 Å². The summed E-state index contributed by atoms with van der Waals surface area (Å²) in [6.45, 7) is 3.38. The zero-order chi connectivity index (χ0) is 10.7. The average molecular weight is 288 g/mol. The molecule has 1 amide bonds. The number of carbonyl (C=O) groups excluding carboxylic acids is 1. The number of rotatable bonds is 2. The zero-order valence-corrected chi connectivity index (χ0v) is 11.4. The van der Waals surface area contributed by atoms with Crippen LogP contribution >= 0.6 is 0 Å². The largest absolute Gasteiger partial charge is 0.323 e. The Morgan fingerprint density at radius 1 is 1.33 bits per heavy atom. The minimum Gasteiger partial charge on any atom is -0.323 e. The number of anilines is 1. The monoisotopic (exact) mass is 288 g/mol. The van der Waals surface area contributed by atoms with E-state index in [-0.39, 0.29) is 50.2 Å². The molecule has 0 heterocycles. The molecule has 5 heteroatoms. The molecule has 2 nitrogen and oxygen atoms in total. The Labute approximate surface area is 112 Å². The average Bonchev–Trinajstić information content (AvgIpc) is 2.09. The van der Waals surface area contributed by atoms with Gasteiger partial charge < -0.3 is 5.32 Å². The van der Waals surface area contributed by atoms with Crippen LogP contribution < -0.4 is 5.32 Å². The van der Waals surface area contributed by atoms with Gasteiger partial charge in [0.05, 0.1) is 5.69 Å². The minimum atomic E-state index is -0.765. The normalized spacial score (nSPS) is 9.67. The molecule has 0 spiro atoms. The second-order valence-corrected chi connectivity index (χ2v) is 3.27. The Bertz CT molecular complexity index is 355. The smallest absolute Gasteiger partial charge is 0.227 e. The van der Waals surface area contributed by atoms with Crippen molar-refractivity contribution in [3.8, 4) is 0 Å². The molecule has 1 aromatic rings. The number of nitrogens with one attached hydrogen (secondary N) is 1. The molecule has 1 N–H and O–H groups in total. The van der Waals surface area contributed by atoms with E-state index in [1.807, 2.05) is 0 Å². The SMILES string of the molecule is CC(C)C(=O)Nc1ccc(F)cc1F.[Y]. The predicted molar refractivity (Wildman–Crippen MR) is 49.8 cm³/mol. The number of halogens is 2. The summed E-state index contributed by atoms with van der Waals surface area (Å²) in [6, 6.07) is 3.03. The van der Waals surface area contributed by atoms with E-state index in [1.54, 1.807) is 13.8 Å². The van der Waals surface area contributed by atoms with Gasteiger partial charge in [-0.25, -0.2) is 8.78 Å². The molecule has 0 bridgehead atoms. The van der Waals surface area contributed by atoms with Crippen molar-refractivity contribution in [2.45, 2.75) is 13.8 Å². The fourth-order valence-corrected chi connectivity index (χ4v) is 0.868. The van der Waals surface area contributed by atoms with Crippen LogP contribution in [0.1, 0.15) is 13.8 Å². The molecule has 0 saturated carbocycles. The van der Waals surface area contributed by atoms with E-state index in [1.165, 1.54) is 6.07 Å². The first-order valence-corrected chi connectivity index (χ1v) is 4.26. The molecule has 0 atom stereocenters. The van der Waals surface area contributed by atoms with Gasteiger partial charge >= 0.3 is 0 Å². The fourth-order valence-electron chi connectivity index (χ4n) is 0.868. The van der Waals surface area contributed by atoms with E-state index in [2.05, 4.69) is 5.32 Å². The van der Waals surface area contributed by atoms with Crippen LogP contribution in [-0.2, 0) is 37.5 Å². The Balaban J connectivity index is 0.00000196. The van der Waals surface area contributed by atoms with Crippen molar-refractivity contribution in [1.29, 1.82) is 0 Å². The van der Waals surface area contributed by atoms with Crippen LogP contribution in [0, 0.1) is 17.6 Å². The van der Waals surface area contributed by atoms with Gasteiger partial charge in [0, 0.05) is 44.7 Å². The van der Waals surface area contributed by atoms with Crippen molar-refractivity contribution >= 4 is 11.6 Å². The maximum atomic E-state index is 13.0. The van der Waals surface area contributed by atoms with Crippen LogP contribution in [0.5, 0.6) is 0 Å². The standard InChI is InChI=1S/C10H11F2NO.Y/c1-6(2)10(14)13-9-4-3-7(11)5-8(9)12;/h3-6H,1-2H3,(H,13,14);. The van der Waals surface area contributed by atoms with Gasteiger partial charge in [-0.3, -0.25) is 4.79 Å². The van der Waals surface area contributed by atoms with Crippen molar-refractivity contribution < 1.29 is 46.3 Å². The minimum absolute atomic E-state index is 0. The molecule has 15 heavy (non-hydrogen) atoms. The summed E-state index contributed by atoms with van der Waals surface area (Å²) in [7, 11) is 0. The van der Waals surface area contributed by atoms with Crippen molar-refractivity contribution in [2.75, 3.05) is 5.32 Å². The summed E-state index contributed by atoms with van der Waals surface area (Å²) in [4.78, 5) is 11.2. The zero-order valence-electron chi connectivity index (χ0n) is 8.55. The van der Waals surface area contributed by atoms with E-state index in [0.717, 1.165) is 12.1 Å². The van der Waals surface area contributed by atoms with Crippen molar-refractivity contribution in [2.24, 2.45) is 5.92 Å². The maximum absolute atomic E-state index is 13.0. The molecule has 1 aromatic carbocycles. The third-order valence-corrected chi connectivity index (χ3v) is 1.71. The summed E-state index contributed by atoms with van der Waals surface area (Å²) in [5.41, 5.74) is 0.00472. The van der Waals surface area contributed by atoms with Crippen molar-refractivity contribution in [1.82, 2.24) is 0 Å². The van der Waals surface area contributed by atoms with Crippen LogP contribution in [-0.4, -0.2) is 5.91 Å². The van der Waals surface area contributed by atoms with Gasteiger partial charge in [-0.05, 0) is 12.1 Å². The van der Waals surface area contributed by atoms with Gasteiger partial charge in [-0.15, -0.1) is 0 Å². The Kier molecular flexibility index (Phi) is 6.14. The first-order chi connectivity index (χ1) is 6.50. The van der Waals surface area contributed by atoms with E-state index in [0.29, 0.717) is 0 Å². The molecule has 0 aromatic heterocycles. The van der Waals surface area contributed by atoms with E-state index in [4.69, 9.17) is 0 Å². The summed E-state index contributed by atoms with van der Waals surface area (Å²) >= 11 is 0. The van der Waals surface area contributed by atoms with Gasteiger partial charge in [0.1, 0.15) is 11.6 Å². The fraction of sp³-hybridized carbons (Fsp3) is 0.300. The Hall–Kier alpha value is -0.346. The third-order valence-electron chi connectivity index (χ3n) is 1.71. The summed E-state index contributed by atoms with van der Waals surface area (Å²) in [5.74, 6) is -1.96. The molecule has 1 radical (unpaired) electrons. The Morgan fingerprint density at radius 3 is 2.40 bits per heavy atom. The summed E-state index contributed by atoms with van der Waals surface area (Å²) < 4.78 is 25.5. The molecule has 0 aliphatic rings. The van der Waals surface area contributed by atoms with Crippen LogP contribution in [0.15, 0.2) is 18.2 Å². The molecule has 0 unspecified atom stereocenters. The second kappa shape index (κ2) is 6.28. The van der Waals surface area contributed by atoms with E-state index < -0.39 is 11.6 Å². The van der Waals surface area contributed by atoms with Gasteiger partial charge in [-0.2, -0.15) is 0 Å². The van der Waals surface area contributed by atoms with E-state index >= 15 is 0 Å². The summed E-state index contributed by atoms with van der Waals surface area (Å²) in [5, 5.41) is 2.36. The number of amides is 1. The molecular weight excluding hydrogens is 277 g/mol. The first-order valence-electron chi connectivity index (χ1n) is 4.26. The molecule has 0 fully saturated rings.